The molecule has 0 bridgehead atoms. The molecule has 0 radical (unpaired) electrons. The summed E-state index contributed by atoms with van der Waals surface area (Å²) in [6, 6.07) is 0. The Morgan fingerprint density at radius 3 is 2.40 bits per heavy atom. The average Bonchev–Trinajstić information content (AvgIpc) is 1.60. The van der Waals surface area contributed by atoms with Gasteiger partial charge in [-0.1, -0.05) is 13.8 Å². The highest BCUT2D eigenvalue weighted by molar-refractivity contribution is 5.75. The summed E-state index contributed by atoms with van der Waals surface area (Å²) in [5, 5.41) is 0. The molecule has 10 heavy (non-hydrogen) atoms. The summed E-state index contributed by atoms with van der Waals surface area (Å²) in [5.41, 5.74) is 6.04. The van der Waals surface area contributed by atoms with Crippen molar-refractivity contribution in [2.75, 3.05) is 6.54 Å². The molecule has 1 aliphatic heterocycles. The van der Waals surface area contributed by atoms with Crippen molar-refractivity contribution >= 4 is 5.84 Å². The second-order valence-electron chi connectivity index (χ2n) is 3.54. The molecule has 0 saturated heterocycles. The third-order valence-corrected chi connectivity index (χ3v) is 1.82. The van der Waals surface area contributed by atoms with Crippen LogP contribution in [0.25, 0.3) is 0 Å². The van der Waals surface area contributed by atoms with Crippen LogP contribution in [-0.2, 0) is 0 Å². The molecule has 0 spiro atoms. The van der Waals surface area contributed by atoms with Crippen molar-refractivity contribution < 1.29 is 17.4 Å². The molecule has 3 N–H and O–H groups in total. The van der Waals surface area contributed by atoms with E-state index in [0.717, 1.165) is 18.8 Å². The van der Waals surface area contributed by atoms with Gasteiger partial charge in [-0.05, 0) is 11.8 Å². The van der Waals surface area contributed by atoms with E-state index < -0.39 is 0 Å². The van der Waals surface area contributed by atoms with E-state index in [1.165, 1.54) is 6.42 Å². The Labute approximate surface area is 68.3 Å². The van der Waals surface area contributed by atoms with Crippen molar-refractivity contribution in [3.63, 3.8) is 0 Å². The predicted octanol–water partition coefficient (Wildman–Crippen LogP) is -3.75. The van der Waals surface area contributed by atoms with E-state index in [9.17, 15) is 0 Å². The second kappa shape index (κ2) is 3.24. The van der Waals surface area contributed by atoms with Gasteiger partial charge in [-0.3, -0.25) is 10.7 Å². The van der Waals surface area contributed by atoms with E-state index in [4.69, 9.17) is 5.73 Å². The standard InChI is InChI=1S/C7H14N2.ClH/c1-7(2)3-4-9-6(8)5-7;/h3-5H2,1-2H3,(H2,8,9);1H. The molecule has 3 heteroatoms. The second-order valence-corrected chi connectivity index (χ2v) is 3.54. The van der Waals surface area contributed by atoms with Gasteiger partial charge in [0.1, 0.15) is 0 Å². The Morgan fingerprint density at radius 2 is 2.10 bits per heavy atom. The maximum absolute atomic E-state index is 5.62. The summed E-state index contributed by atoms with van der Waals surface area (Å²) in [4.78, 5) is 3.13. The largest absolute Gasteiger partial charge is 1.00 e. The third-order valence-electron chi connectivity index (χ3n) is 1.82. The Hall–Kier alpha value is -0.240. The van der Waals surface area contributed by atoms with Crippen molar-refractivity contribution in [3.8, 4) is 0 Å². The maximum Gasteiger partial charge on any atom is 0.240 e. The number of hydrogen-bond donors (Lipinski definition) is 2. The molecule has 1 rings (SSSR count). The molecular weight excluding hydrogens is 148 g/mol. The first-order valence-corrected chi connectivity index (χ1v) is 3.45. The molecule has 0 amide bonds. The van der Waals surface area contributed by atoms with Crippen LogP contribution in [0.4, 0.5) is 0 Å². The summed E-state index contributed by atoms with van der Waals surface area (Å²) in [6.07, 6.45) is 2.25. The van der Waals surface area contributed by atoms with Gasteiger partial charge >= 0.3 is 0 Å². The SMILES string of the molecule is CC1(C)CC[NH+]=C(N)C1.[Cl-]. The number of rotatable bonds is 0. The van der Waals surface area contributed by atoms with E-state index in [1.807, 2.05) is 0 Å². The summed E-state index contributed by atoms with van der Waals surface area (Å²) >= 11 is 0. The van der Waals surface area contributed by atoms with E-state index in [1.54, 1.807) is 0 Å². The minimum Gasteiger partial charge on any atom is -1.00 e. The van der Waals surface area contributed by atoms with E-state index in [2.05, 4.69) is 18.8 Å². The summed E-state index contributed by atoms with van der Waals surface area (Å²) in [6.45, 7) is 5.54. The van der Waals surface area contributed by atoms with Crippen molar-refractivity contribution in [3.05, 3.63) is 0 Å². The van der Waals surface area contributed by atoms with Crippen LogP contribution in [-0.4, -0.2) is 12.4 Å². The van der Waals surface area contributed by atoms with Crippen molar-refractivity contribution in [1.29, 1.82) is 0 Å². The molecule has 0 unspecified atom stereocenters. The van der Waals surface area contributed by atoms with Crippen LogP contribution < -0.4 is 23.1 Å². The Bertz CT molecular complexity index is 141. The van der Waals surface area contributed by atoms with E-state index >= 15 is 0 Å². The number of nitrogens with two attached hydrogens (primary N) is 1. The molecule has 0 aromatic carbocycles. The number of halogens is 1. The van der Waals surface area contributed by atoms with Gasteiger partial charge in [0.25, 0.3) is 0 Å². The molecule has 2 nitrogen and oxygen atoms in total. The lowest BCUT2D eigenvalue weighted by Gasteiger charge is -2.23. The molecule has 1 aliphatic rings. The summed E-state index contributed by atoms with van der Waals surface area (Å²) in [5.74, 6) is 0.950. The highest BCUT2D eigenvalue weighted by Crippen LogP contribution is 2.23. The molecular formula is C7H15ClN2. The van der Waals surface area contributed by atoms with Crippen LogP contribution in [0, 0.1) is 5.41 Å². The highest BCUT2D eigenvalue weighted by atomic mass is 35.5. The monoisotopic (exact) mass is 162 g/mol. The third kappa shape index (κ3) is 2.56. The zero-order chi connectivity index (χ0) is 6.91. The molecule has 0 aromatic rings. The van der Waals surface area contributed by atoms with Crippen LogP contribution in [0.3, 0.4) is 0 Å². The molecule has 0 aromatic heterocycles. The number of amidine groups is 1. The number of nitrogens with one attached hydrogen (secondary N) is 1. The van der Waals surface area contributed by atoms with Gasteiger partial charge in [0.05, 0.1) is 13.0 Å². The average molecular weight is 163 g/mol. The first-order chi connectivity index (χ1) is 4.10. The van der Waals surface area contributed by atoms with Gasteiger partial charge in [0.15, 0.2) is 0 Å². The molecule has 60 valence electrons. The van der Waals surface area contributed by atoms with Gasteiger partial charge in [0, 0.05) is 0 Å². The van der Waals surface area contributed by atoms with Gasteiger partial charge in [0.2, 0.25) is 5.84 Å². The lowest BCUT2D eigenvalue weighted by Crippen LogP contribution is -3.00. The normalized spacial score (nSPS) is 22.8. The topological polar surface area (TPSA) is 40.0 Å². The van der Waals surface area contributed by atoms with Crippen LogP contribution in [0.2, 0.25) is 0 Å². The van der Waals surface area contributed by atoms with Gasteiger partial charge in [-0.2, -0.15) is 0 Å². The van der Waals surface area contributed by atoms with Crippen LogP contribution >= 0.6 is 0 Å². The summed E-state index contributed by atoms with van der Waals surface area (Å²) < 4.78 is 0. The summed E-state index contributed by atoms with van der Waals surface area (Å²) in [7, 11) is 0. The smallest absolute Gasteiger partial charge is 0.240 e. The van der Waals surface area contributed by atoms with Crippen molar-refractivity contribution in [1.82, 2.24) is 0 Å². The molecule has 0 fully saturated rings. The Balaban J connectivity index is 0.000000810. The van der Waals surface area contributed by atoms with Crippen molar-refractivity contribution in [2.24, 2.45) is 11.1 Å². The lowest BCUT2D eigenvalue weighted by atomic mass is 9.84. The van der Waals surface area contributed by atoms with E-state index in [0.29, 0.717) is 5.41 Å². The zero-order valence-corrected chi connectivity index (χ0v) is 7.33. The minimum absolute atomic E-state index is 0. The van der Waals surface area contributed by atoms with Crippen molar-refractivity contribution in [2.45, 2.75) is 26.7 Å². The van der Waals surface area contributed by atoms with Crippen LogP contribution in [0.15, 0.2) is 0 Å². The number of hydrogen-bond acceptors (Lipinski definition) is 1. The molecule has 0 atom stereocenters. The van der Waals surface area contributed by atoms with E-state index in [-0.39, 0.29) is 12.4 Å². The maximum atomic E-state index is 5.62. The quantitative estimate of drug-likeness (QED) is 0.378. The molecule has 1 heterocycles. The first-order valence-electron chi connectivity index (χ1n) is 3.45. The minimum atomic E-state index is 0. The van der Waals surface area contributed by atoms with Crippen LogP contribution in [0.5, 0.6) is 0 Å². The fourth-order valence-corrected chi connectivity index (χ4v) is 1.23. The van der Waals surface area contributed by atoms with Gasteiger partial charge in [-0.15, -0.1) is 0 Å². The van der Waals surface area contributed by atoms with Gasteiger partial charge in [-0.25, -0.2) is 0 Å². The van der Waals surface area contributed by atoms with Gasteiger partial charge < -0.3 is 12.4 Å². The lowest BCUT2D eigenvalue weighted by molar-refractivity contribution is -0.469. The highest BCUT2D eigenvalue weighted by Gasteiger charge is 2.25. The Morgan fingerprint density at radius 1 is 1.50 bits per heavy atom. The molecule has 0 saturated carbocycles. The fraction of sp³-hybridized carbons (Fsp3) is 0.857. The fourth-order valence-electron chi connectivity index (χ4n) is 1.23. The predicted molar refractivity (Wildman–Crippen MR) is 38.0 cm³/mol. The van der Waals surface area contributed by atoms with Crippen LogP contribution in [0.1, 0.15) is 26.7 Å². The molecule has 0 aliphatic carbocycles. The Kier molecular flexibility index (Phi) is 3.16. The first kappa shape index (κ1) is 9.76. The zero-order valence-electron chi connectivity index (χ0n) is 6.58.